The number of rotatable bonds is 6. The Morgan fingerprint density at radius 3 is 2.32 bits per heavy atom. The van der Waals surface area contributed by atoms with E-state index in [1.165, 1.54) is 68.6 Å². The van der Waals surface area contributed by atoms with Crippen LogP contribution in [0.5, 0.6) is 0 Å². The van der Waals surface area contributed by atoms with E-state index in [1.54, 1.807) is 0 Å². The van der Waals surface area contributed by atoms with Crippen LogP contribution in [0.4, 0.5) is 5.69 Å². The van der Waals surface area contributed by atoms with Gasteiger partial charge >= 0.3 is 0 Å². The molecular formula is C17H29N2+. The third-order valence-corrected chi connectivity index (χ3v) is 4.42. The van der Waals surface area contributed by atoms with Crippen molar-refractivity contribution >= 4 is 5.69 Å². The van der Waals surface area contributed by atoms with Gasteiger partial charge in [-0.25, -0.2) is 0 Å². The number of para-hydroxylation sites is 1. The molecular weight excluding hydrogens is 232 g/mol. The molecule has 0 radical (unpaired) electrons. The van der Waals surface area contributed by atoms with Gasteiger partial charge < -0.3 is 9.38 Å². The van der Waals surface area contributed by atoms with Crippen LogP contribution in [0.25, 0.3) is 0 Å². The standard InChI is InChI=1S/C17H29N2/c1-3-12-18(17-10-6-4-7-11-17)13-16-19(2)14-8-5-9-15-19/h4,6-7,10-11H,3,5,8-9,12-16H2,1-2H3/q+1. The van der Waals surface area contributed by atoms with Crippen LogP contribution < -0.4 is 4.90 Å². The second kappa shape index (κ2) is 6.95. The number of quaternary nitrogens is 1. The number of hydrogen-bond donors (Lipinski definition) is 0. The van der Waals surface area contributed by atoms with Gasteiger partial charge in [0.2, 0.25) is 0 Å². The maximum Gasteiger partial charge on any atom is 0.0962 e. The van der Waals surface area contributed by atoms with E-state index >= 15 is 0 Å². The molecule has 19 heavy (non-hydrogen) atoms. The molecule has 1 saturated heterocycles. The van der Waals surface area contributed by atoms with Gasteiger partial charge in [0.15, 0.2) is 0 Å². The minimum absolute atomic E-state index is 1.17. The Morgan fingerprint density at radius 2 is 1.68 bits per heavy atom. The molecule has 0 spiro atoms. The number of anilines is 1. The number of nitrogens with zero attached hydrogens (tertiary/aromatic N) is 2. The fraction of sp³-hybridized carbons (Fsp3) is 0.647. The highest BCUT2D eigenvalue weighted by molar-refractivity contribution is 5.45. The van der Waals surface area contributed by atoms with E-state index in [9.17, 15) is 0 Å². The molecule has 0 atom stereocenters. The maximum absolute atomic E-state index is 2.55. The Bertz CT molecular complexity index is 355. The summed E-state index contributed by atoms with van der Waals surface area (Å²) in [5, 5.41) is 0. The molecule has 106 valence electrons. The van der Waals surface area contributed by atoms with Crippen LogP contribution in [0.15, 0.2) is 30.3 Å². The van der Waals surface area contributed by atoms with Crippen molar-refractivity contribution in [2.45, 2.75) is 32.6 Å². The van der Waals surface area contributed by atoms with Crippen LogP contribution in [-0.4, -0.2) is 44.3 Å². The molecule has 1 aliphatic heterocycles. The summed E-state index contributed by atoms with van der Waals surface area (Å²) < 4.78 is 1.27. The minimum atomic E-state index is 1.17. The summed E-state index contributed by atoms with van der Waals surface area (Å²) in [6, 6.07) is 10.9. The van der Waals surface area contributed by atoms with Crippen molar-refractivity contribution in [1.29, 1.82) is 0 Å². The van der Waals surface area contributed by atoms with Crippen molar-refractivity contribution in [3.8, 4) is 0 Å². The highest BCUT2D eigenvalue weighted by Gasteiger charge is 2.25. The first-order valence-corrected chi connectivity index (χ1v) is 7.87. The Labute approximate surface area is 118 Å². The van der Waals surface area contributed by atoms with Crippen molar-refractivity contribution in [1.82, 2.24) is 0 Å². The van der Waals surface area contributed by atoms with Gasteiger partial charge in [-0.3, -0.25) is 0 Å². The van der Waals surface area contributed by atoms with Gasteiger partial charge in [0.1, 0.15) is 0 Å². The Morgan fingerprint density at radius 1 is 1.00 bits per heavy atom. The highest BCUT2D eigenvalue weighted by atomic mass is 15.3. The van der Waals surface area contributed by atoms with E-state index in [-0.39, 0.29) is 0 Å². The quantitative estimate of drug-likeness (QED) is 0.708. The molecule has 0 bridgehead atoms. The van der Waals surface area contributed by atoms with Gasteiger partial charge in [-0.1, -0.05) is 25.1 Å². The monoisotopic (exact) mass is 261 g/mol. The van der Waals surface area contributed by atoms with E-state index in [2.05, 4.69) is 49.2 Å². The average Bonchev–Trinajstić information content (AvgIpc) is 2.45. The van der Waals surface area contributed by atoms with Crippen LogP contribution in [-0.2, 0) is 0 Å². The van der Waals surface area contributed by atoms with Crippen molar-refractivity contribution in [3.05, 3.63) is 30.3 Å². The first-order valence-electron chi connectivity index (χ1n) is 7.87. The Hall–Kier alpha value is -1.02. The summed E-state index contributed by atoms with van der Waals surface area (Å²) in [5.74, 6) is 0. The number of benzene rings is 1. The predicted molar refractivity (Wildman–Crippen MR) is 83.6 cm³/mol. The first-order chi connectivity index (χ1) is 9.23. The molecule has 0 saturated carbocycles. The second-order valence-electron chi connectivity index (χ2n) is 6.17. The summed E-state index contributed by atoms with van der Waals surface area (Å²) in [6.07, 6.45) is 5.48. The zero-order chi connectivity index (χ0) is 13.6. The van der Waals surface area contributed by atoms with E-state index in [0.717, 1.165) is 0 Å². The zero-order valence-corrected chi connectivity index (χ0v) is 12.6. The van der Waals surface area contributed by atoms with Gasteiger partial charge in [-0.15, -0.1) is 0 Å². The Kier molecular flexibility index (Phi) is 5.26. The third kappa shape index (κ3) is 4.24. The second-order valence-corrected chi connectivity index (χ2v) is 6.17. The van der Waals surface area contributed by atoms with Crippen LogP contribution >= 0.6 is 0 Å². The first kappa shape index (κ1) is 14.4. The number of hydrogen-bond acceptors (Lipinski definition) is 1. The fourth-order valence-corrected chi connectivity index (χ4v) is 3.14. The van der Waals surface area contributed by atoms with Gasteiger partial charge in [0.05, 0.1) is 33.2 Å². The van der Waals surface area contributed by atoms with Crippen molar-refractivity contribution in [3.63, 3.8) is 0 Å². The van der Waals surface area contributed by atoms with Gasteiger partial charge in [-0.05, 0) is 37.8 Å². The maximum atomic E-state index is 2.55. The van der Waals surface area contributed by atoms with Crippen molar-refractivity contribution in [2.75, 3.05) is 44.7 Å². The lowest BCUT2D eigenvalue weighted by Crippen LogP contribution is -2.51. The third-order valence-electron chi connectivity index (χ3n) is 4.42. The molecule has 1 aliphatic rings. The molecule has 0 N–H and O–H groups in total. The predicted octanol–water partition coefficient (Wildman–Crippen LogP) is 3.53. The average molecular weight is 261 g/mol. The normalized spacial score (nSPS) is 18.2. The summed E-state index contributed by atoms with van der Waals surface area (Å²) in [5.41, 5.74) is 1.38. The SMILES string of the molecule is CCCN(CC[N+]1(C)CCCCC1)c1ccccc1. The van der Waals surface area contributed by atoms with Gasteiger partial charge in [0, 0.05) is 12.2 Å². The largest absolute Gasteiger partial charge is 0.366 e. The van der Waals surface area contributed by atoms with E-state index in [1.807, 2.05) is 0 Å². The topological polar surface area (TPSA) is 3.24 Å². The van der Waals surface area contributed by atoms with Crippen LogP contribution in [0, 0.1) is 0 Å². The van der Waals surface area contributed by atoms with Crippen LogP contribution in [0.2, 0.25) is 0 Å². The molecule has 1 aromatic carbocycles. The molecule has 1 fully saturated rings. The fourth-order valence-electron chi connectivity index (χ4n) is 3.14. The van der Waals surface area contributed by atoms with Gasteiger partial charge in [-0.2, -0.15) is 0 Å². The summed E-state index contributed by atoms with van der Waals surface area (Å²) in [4.78, 5) is 2.55. The van der Waals surface area contributed by atoms with E-state index in [4.69, 9.17) is 0 Å². The van der Waals surface area contributed by atoms with Crippen molar-refractivity contribution in [2.24, 2.45) is 0 Å². The number of likely N-dealkylation sites (tertiary alicyclic amines) is 1. The van der Waals surface area contributed by atoms with Gasteiger partial charge in [0.25, 0.3) is 0 Å². The smallest absolute Gasteiger partial charge is 0.0962 e. The summed E-state index contributed by atoms with van der Waals surface area (Å²) in [7, 11) is 2.44. The lowest BCUT2D eigenvalue weighted by molar-refractivity contribution is -0.912. The van der Waals surface area contributed by atoms with E-state index < -0.39 is 0 Å². The lowest BCUT2D eigenvalue weighted by Gasteiger charge is -2.39. The zero-order valence-electron chi connectivity index (χ0n) is 12.6. The summed E-state index contributed by atoms with van der Waals surface area (Å²) >= 11 is 0. The Balaban J connectivity index is 1.93. The summed E-state index contributed by atoms with van der Waals surface area (Å²) in [6.45, 7) is 8.66. The number of likely N-dealkylation sites (N-methyl/N-ethyl adjacent to an activating group) is 1. The molecule has 1 heterocycles. The van der Waals surface area contributed by atoms with Crippen LogP contribution in [0.1, 0.15) is 32.6 Å². The van der Waals surface area contributed by atoms with E-state index in [0.29, 0.717) is 0 Å². The molecule has 2 rings (SSSR count). The van der Waals surface area contributed by atoms with Crippen LogP contribution in [0.3, 0.4) is 0 Å². The molecule has 0 unspecified atom stereocenters. The molecule has 0 aliphatic carbocycles. The molecule has 0 aromatic heterocycles. The molecule has 0 amide bonds. The molecule has 1 aromatic rings. The minimum Gasteiger partial charge on any atom is -0.366 e. The number of piperidine rings is 1. The molecule has 2 nitrogen and oxygen atoms in total. The highest BCUT2D eigenvalue weighted by Crippen LogP contribution is 2.18. The molecule has 2 heteroatoms. The lowest BCUT2D eigenvalue weighted by atomic mass is 10.1. The van der Waals surface area contributed by atoms with Crippen molar-refractivity contribution < 1.29 is 4.48 Å².